The van der Waals surface area contributed by atoms with E-state index in [0.29, 0.717) is 18.3 Å². The van der Waals surface area contributed by atoms with Crippen LogP contribution >= 0.6 is 0 Å². The average molecular weight is 352 g/mol. The fourth-order valence-corrected chi connectivity index (χ4v) is 5.02. The topological polar surface area (TPSA) is 44.8 Å². The molecule has 3 fully saturated rings. The Kier molecular flexibility index (Phi) is 5.07. The van der Waals surface area contributed by atoms with Crippen LogP contribution in [0.4, 0.5) is 8.78 Å². The summed E-state index contributed by atoms with van der Waals surface area (Å²) in [6, 6.07) is 0. The van der Waals surface area contributed by atoms with Crippen molar-refractivity contribution in [2.24, 2.45) is 5.92 Å². The fourth-order valence-electron chi connectivity index (χ4n) is 5.02. The molecule has 4 nitrogen and oxygen atoms in total. The Morgan fingerprint density at radius 3 is 2.60 bits per heavy atom. The standard InChI is InChI=1S/C19H30F2N4/c20-19(21)9-8-14(11-19)12-25-10-4-7-16(13-25)18-22-17(23-24-18)15-5-2-1-3-6-15/h14-16H,1-13H2,(H,22,23,24)/t14-,16+/m1/s1. The molecular formula is C19H30F2N4. The minimum absolute atomic E-state index is 0.0700. The van der Waals surface area contributed by atoms with Gasteiger partial charge in [0.25, 0.3) is 0 Å². The molecule has 25 heavy (non-hydrogen) atoms. The zero-order valence-corrected chi connectivity index (χ0v) is 15.0. The van der Waals surface area contributed by atoms with Crippen molar-refractivity contribution in [3.63, 3.8) is 0 Å². The van der Waals surface area contributed by atoms with E-state index in [0.717, 1.165) is 44.1 Å². The first-order chi connectivity index (χ1) is 12.1. The molecule has 0 radical (unpaired) electrons. The predicted octanol–water partition coefficient (Wildman–Crippen LogP) is 4.47. The molecule has 0 aromatic carbocycles. The number of alkyl halides is 2. The number of hydrogen-bond donors (Lipinski definition) is 1. The molecule has 6 heteroatoms. The van der Waals surface area contributed by atoms with E-state index in [2.05, 4.69) is 15.1 Å². The van der Waals surface area contributed by atoms with Crippen molar-refractivity contribution in [1.29, 1.82) is 0 Å². The Bertz CT molecular complexity index is 568. The van der Waals surface area contributed by atoms with Crippen LogP contribution in [0.25, 0.3) is 0 Å². The van der Waals surface area contributed by atoms with Gasteiger partial charge < -0.3 is 4.90 Å². The second-order valence-corrected chi connectivity index (χ2v) is 8.48. The molecule has 0 amide bonds. The van der Waals surface area contributed by atoms with Crippen LogP contribution in [0.5, 0.6) is 0 Å². The normalized spacial score (nSPS) is 31.4. The van der Waals surface area contributed by atoms with Gasteiger partial charge >= 0.3 is 0 Å². The van der Waals surface area contributed by atoms with Crippen molar-refractivity contribution in [1.82, 2.24) is 20.1 Å². The Morgan fingerprint density at radius 1 is 1.04 bits per heavy atom. The van der Waals surface area contributed by atoms with Crippen molar-refractivity contribution >= 4 is 0 Å². The number of rotatable bonds is 4. The maximum absolute atomic E-state index is 13.4. The third-order valence-electron chi connectivity index (χ3n) is 6.40. The summed E-state index contributed by atoms with van der Waals surface area (Å²) in [7, 11) is 0. The van der Waals surface area contributed by atoms with Crippen LogP contribution < -0.4 is 0 Å². The summed E-state index contributed by atoms with van der Waals surface area (Å²) >= 11 is 0. The number of nitrogens with one attached hydrogen (secondary N) is 1. The van der Waals surface area contributed by atoms with Crippen LogP contribution in [0.15, 0.2) is 0 Å². The van der Waals surface area contributed by atoms with E-state index < -0.39 is 5.92 Å². The summed E-state index contributed by atoms with van der Waals surface area (Å²) in [5.41, 5.74) is 0. The van der Waals surface area contributed by atoms with Crippen LogP contribution in [0.2, 0.25) is 0 Å². The number of halogens is 2. The second kappa shape index (κ2) is 7.29. The van der Waals surface area contributed by atoms with Gasteiger partial charge in [-0.2, -0.15) is 5.10 Å². The lowest BCUT2D eigenvalue weighted by Gasteiger charge is -2.33. The molecule has 0 unspecified atom stereocenters. The Morgan fingerprint density at radius 2 is 1.84 bits per heavy atom. The molecule has 1 aromatic rings. The maximum Gasteiger partial charge on any atom is 0.248 e. The van der Waals surface area contributed by atoms with Crippen LogP contribution in [-0.4, -0.2) is 45.6 Å². The van der Waals surface area contributed by atoms with E-state index in [-0.39, 0.29) is 18.8 Å². The molecule has 0 bridgehead atoms. The van der Waals surface area contributed by atoms with Crippen LogP contribution in [-0.2, 0) is 0 Å². The lowest BCUT2D eigenvalue weighted by atomic mass is 9.89. The number of H-pyrrole nitrogens is 1. The van der Waals surface area contributed by atoms with Gasteiger partial charge in [-0.3, -0.25) is 5.10 Å². The molecule has 4 rings (SSSR count). The van der Waals surface area contributed by atoms with Crippen molar-refractivity contribution in [2.75, 3.05) is 19.6 Å². The number of hydrogen-bond acceptors (Lipinski definition) is 3. The SMILES string of the molecule is FC1(F)CC[C@@H](CN2CCC[C@H](c3n[nH]c(C4CCCCC4)n3)C2)C1. The quantitative estimate of drug-likeness (QED) is 0.870. The molecule has 140 valence electrons. The molecule has 2 heterocycles. The molecular weight excluding hydrogens is 322 g/mol. The summed E-state index contributed by atoms with van der Waals surface area (Å²) in [6.45, 7) is 2.76. The van der Waals surface area contributed by atoms with Gasteiger partial charge in [0.05, 0.1) is 0 Å². The summed E-state index contributed by atoms with van der Waals surface area (Å²) in [4.78, 5) is 7.21. The third-order valence-corrected chi connectivity index (χ3v) is 6.40. The van der Waals surface area contributed by atoms with Gasteiger partial charge in [0, 0.05) is 37.8 Å². The van der Waals surface area contributed by atoms with Crippen LogP contribution in [0.1, 0.15) is 87.7 Å². The molecule has 1 aromatic heterocycles. The molecule has 2 saturated carbocycles. The Labute approximate surface area is 148 Å². The average Bonchev–Trinajstić information content (AvgIpc) is 3.23. The highest BCUT2D eigenvalue weighted by Gasteiger charge is 2.40. The van der Waals surface area contributed by atoms with Gasteiger partial charge in [0.1, 0.15) is 5.82 Å². The van der Waals surface area contributed by atoms with Gasteiger partial charge in [-0.1, -0.05) is 19.3 Å². The smallest absolute Gasteiger partial charge is 0.248 e. The first-order valence-electron chi connectivity index (χ1n) is 10.1. The van der Waals surface area contributed by atoms with Crippen molar-refractivity contribution < 1.29 is 8.78 Å². The minimum Gasteiger partial charge on any atom is -0.302 e. The van der Waals surface area contributed by atoms with Gasteiger partial charge in [-0.05, 0) is 44.6 Å². The zero-order valence-electron chi connectivity index (χ0n) is 15.0. The monoisotopic (exact) mass is 352 g/mol. The van der Waals surface area contributed by atoms with E-state index in [1.165, 1.54) is 32.1 Å². The molecule has 1 N–H and O–H groups in total. The van der Waals surface area contributed by atoms with Gasteiger partial charge in [-0.25, -0.2) is 13.8 Å². The van der Waals surface area contributed by atoms with Crippen molar-refractivity contribution in [2.45, 2.75) is 82.0 Å². The Hall–Kier alpha value is -1.04. The highest BCUT2D eigenvalue weighted by Crippen LogP contribution is 2.40. The summed E-state index contributed by atoms with van der Waals surface area (Å²) in [5, 5.41) is 7.71. The van der Waals surface area contributed by atoms with E-state index in [1.54, 1.807) is 0 Å². The molecule has 1 saturated heterocycles. The molecule has 3 aliphatic rings. The van der Waals surface area contributed by atoms with E-state index in [1.807, 2.05) is 0 Å². The molecule has 1 aliphatic heterocycles. The van der Waals surface area contributed by atoms with E-state index >= 15 is 0 Å². The lowest BCUT2D eigenvalue weighted by Crippen LogP contribution is -2.37. The van der Waals surface area contributed by atoms with Gasteiger partial charge in [0.2, 0.25) is 5.92 Å². The number of piperidine rings is 1. The van der Waals surface area contributed by atoms with Crippen molar-refractivity contribution in [3.8, 4) is 0 Å². The molecule has 2 atom stereocenters. The van der Waals surface area contributed by atoms with Gasteiger partial charge in [-0.15, -0.1) is 0 Å². The number of nitrogens with zero attached hydrogens (tertiary/aromatic N) is 3. The third kappa shape index (κ3) is 4.21. The summed E-state index contributed by atoms with van der Waals surface area (Å²) < 4.78 is 26.9. The van der Waals surface area contributed by atoms with E-state index in [4.69, 9.17) is 4.98 Å². The highest BCUT2D eigenvalue weighted by atomic mass is 19.3. The highest BCUT2D eigenvalue weighted by molar-refractivity contribution is 5.05. The molecule has 2 aliphatic carbocycles. The first-order valence-corrected chi connectivity index (χ1v) is 10.1. The number of aromatic amines is 1. The Balaban J connectivity index is 1.34. The van der Waals surface area contributed by atoms with Crippen LogP contribution in [0, 0.1) is 5.92 Å². The second-order valence-electron chi connectivity index (χ2n) is 8.48. The molecule has 0 spiro atoms. The van der Waals surface area contributed by atoms with Crippen LogP contribution in [0.3, 0.4) is 0 Å². The number of likely N-dealkylation sites (tertiary alicyclic amines) is 1. The summed E-state index contributed by atoms with van der Waals surface area (Å²) in [6.07, 6.45) is 9.41. The summed E-state index contributed by atoms with van der Waals surface area (Å²) in [5.74, 6) is 0.640. The minimum atomic E-state index is -2.43. The predicted molar refractivity (Wildman–Crippen MR) is 92.9 cm³/mol. The van der Waals surface area contributed by atoms with Crippen molar-refractivity contribution in [3.05, 3.63) is 11.6 Å². The maximum atomic E-state index is 13.4. The largest absolute Gasteiger partial charge is 0.302 e. The van der Waals surface area contributed by atoms with Gasteiger partial charge in [0.15, 0.2) is 5.82 Å². The first kappa shape index (κ1) is 17.4. The zero-order chi connectivity index (χ0) is 17.3. The number of aromatic nitrogens is 3. The van der Waals surface area contributed by atoms with E-state index in [9.17, 15) is 8.78 Å². The lowest BCUT2D eigenvalue weighted by molar-refractivity contribution is 0.00299. The fraction of sp³-hybridized carbons (Fsp3) is 0.895.